The van der Waals surface area contributed by atoms with Crippen molar-refractivity contribution in [3.63, 3.8) is 0 Å². The SMILES string of the molecule is O[C@@H]1C=CCO[C@H]1[C@@H](c1ccccc1)[C@H](O)c1ccccc1. The molecule has 1 heterocycles. The second-order valence-electron chi connectivity index (χ2n) is 5.51. The van der Waals surface area contributed by atoms with Crippen LogP contribution < -0.4 is 0 Å². The average Bonchev–Trinajstić information content (AvgIpc) is 2.58. The molecule has 0 aromatic heterocycles. The number of aliphatic hydroxyl groups excluding tert-OH is 2. The Morgan fingerprint density at radius 2 is 1.50 bits per heavy atom. The molecular formula is C19H20O3. The summed E-state index contributed by atoms with van der Waals surface area (Å²) in [5, 5.41) is 21.2. The van der Waals surface area contributed by atoms with E-state index in [4.69, 9.17) is 4.74 Å². The molecule has 0 fully saturated rings. The van der Waals surface area contributed by atoms with Gasteiger partial charge in [0.05, 0.1) is 24.9 Å². The lowest BCUT2D eigenvalue weighted by Gasteiger charge is -2.35. The van der Waals surface area contributed by atoms with Crippen molar-refractivity contribution in [3.8, 4) is 0 Å². The molecule has 3 rings (SSSR count). The minimum atomic E-state index is -0.741. The van der Waals surface area contributed by atoms with Crippen LogP contribution in [0.5, 0.6) is 0 Å². The fraction of sp³-hybridized carbons (Fsp3) is 0.263. The predicted molar refractivity (Wildman–Crippen MR) is 85.5 cm³/mol. The van der Waals surface area contributed by atoms with Crippen molar-refractivity contribution >= 4 is 0 Å². The van der Waals surface area contributed by atoms with Crippen LogP contribution in [-0.4, -0.2) is 29.0 Å². The third-order valence-corrected chi connectivity index (χ3v) is 4.07. The zero-order chi connectivity index (χ0) is 15.4. The molecule has 2 aromatic rings. The summed E-state index contributed by atoms with van der Waals surface area (Å²) in [6.07, 6.45) is 1.61. The van der Waals surface area contributed by atoms with E-state index in [-0.39, 0.29) is 5.92 Å². The van der Waals surface area contributed by atoms with Crippen LogP contribution in [0.25, 0.3) is 0 Å². The van der Waals surface area contributed by atoms with Crippen LogP contribution in [-0.2, 0) is 4.74 Å². The standard InChI is InChI=1S/C19H20O3/c20-16-12-7-13-22-19(16)17(14-8-3-1-4-9-14)18(21)15-10-5-2-6-11-15/h1-12,16-21H,13H2/t16-,17+,18-,19-/m1/s1. The van der Waals surface area contributed by atoms with E-state index in [1.165, 1.54) is 0 Å². The fourth-order valence-corrected chi connectivity index (χ4v) is 2.97. The van der Waals surface area contributed by atoms with Gasteiger partial charge in [-0.1, -0.05) is 72.8 Å². The molecule has 0 bridgehead atoms. The number of rotatable bonds is 4. The summed E-state index contributed by atoms with van der Waals surface area (Å²) >= 11 is 0. The van der Waals surface area contributed by atoms with Gasteiger partial charge in [0.1, 0.15) is 0 Å². The van der Waals surface area contributed by atoms with Crippen LogP contribution in [0.2, 0.25) is 0 Å². The van der Waals surface area contributed by atoms with E-state index in [0.29, 0.717) is 6.61 Å². The van der Waals surface area contributed by atoms with E-state index in [1.807, 2.05) is 60.7 Å². The van der Waals surface area contributed by atoms with Crippen molar-refractivity contribution < 1.29 is 14.9 Å². The van der Waals surface area contributed by atoms with Crippen molar-refractivity contribution in [1.29, 1.82) is 0 Å². The summed E-state index contributed by atoms with van der Waals surface area (Å²) in [6, 6.07) is 19.2. The molecule has 1 aliphatic rings. The summed E-state index contributed by atoms with van der Waals surface area (Å²) < 4.78 is 5.75. The second-order valence-corrected chi connectivity index (χ2v) is 5.51. The van der Waals surface area contributed by atoms with E-state index in [1.54, 1.807) is 12.2 Å². The van der Waals surface area contributed by atoms with Crippen LogP contribution in [0, 0.1) is 0 Å². The minimum Gasteiger partial charge on any atom is -0.388 e. The monoisotopic (exact) mass is 296 g/mol. The number of hydrogen-bond donors (Lipinski definition) is 2. The Morgan fingerprint density at radius 1 is 0.909 bits per heavy atom. The molecule has 4 atom stereocenters. The molecule has 22 heavy (non-hydrogen) atoms. The van der Waals surface area contributed by atoms with E-state index >= 15 is 0 Å². The van der Waals surface area contributed by atoms with Gasteiger partial charge < -0.3 is 14.9 Å². The van der Waals surface area contributed by atoms with Gasteiger partial charge in [-0.15, -0.1) is 0 Å². The zero-order valence-corrected chi connectivity index (χ0v) is 12.2. The normalized spacial score (nSPS) is 23.9. The summed E-state index contributed by atoms with van der Waals surface area (Å²) in [7, 11) is 0. The molecule has 0 saturated carbocycles. The van der Waals surface area contributed by atoms with E-state index in [9.17, 15) is 10.2 Å². The molecule has 2 N–H and O–H groups in total. The molecule has 0 aliphatic carbocycles. The maximum Gasteiger partial charge on any atom is 0.0990 e. The van der Waals surface area contributed by atoms with Gasteiger partial charge in [0.25, 0.3) is 0 Å². The highest BCUT2D eigenvalue weighted by Gasteiger charge is 2.36. The minimum absolute atomic E-state index is 0.330. The topological polar surface area (TPSA) is 49.7 Å². The van der Waals surface area contributed by atoms with Gasteiger partial charge in [-0.25, -0.2) is 0 Å². The maximum atomic E-state index is 10.9. The first-order chi connectivity index (χ1) is 10.8. The largest absolute Gasteiger partial charge is 0.388 e. The van der Waals surface area contributed by atoms with Gasteiger partial charge in [0.15, 0.2) is 0 Å². The molecule has 0 spiro atoms. The first-order valence-electron chi connectivity index (χ1n) is 7.51. The van der Waals surface area contributed by atoms with E-state index in [2.05, 4.69) is 0 Å². The van der Waals surface area contributed by atoms with E-state index < -0.39 is 18.3 Å². The Labute approximate surface area is 130 Å². The van der Waals surface area contributed by atoms with Gasteiger partial charge in [-0.2, -0.15) is 0 Å². The lowest BCUT2D eigenvalue weighted by molar-refractivity contribution is -0.0582. The molecule has 3 heteroatoms. The summed E-state index contributed by atoms with van der Waals surface area (Å²) in [5.74, 6) is -0.330. The Kier molecular flexibility index (Phi) is 4.68. The molecule has 1 aliphatic heterocycles. The molecule has 0 saturated heterocycles. The molecule has 3 nitrogen and oxygen atoms in total. The first-order valence-corrected chi connectivity index (χ1v) is 7.51. The predicted octanol–water partition coefficient (Wildman–Crippen LogP) is 2.82. The maximum absolute atomic E-state index is 10.9. The van der Waals surface area contributed by atoms with Crippen LogP contribution >= 0.6 is 0 Å². The van der Waals surface area contributed by atoms with Gasteiger partial charge in [-0.3, -0.25) is 0 Å². The third-order valence-electron chi connectivity index (χ3n) is 4.07. The van der Waals surface area contributed by atoms with Gasteiger partial charge in [0.2, 0.25) is 0 Å². The van der Waals surface area contributed by atoms with Gasteiger partial charge in [0, 0.05) is 5.92 Å². The van der Waals surface area contributed by atoms with Gasteiger partial charge >= 0.3 is 0 Å². The van der Waals surface area contributed by atoms with Crippen LogP contribution in [0.15, 0.2) is 72.8 Å². The van der Waals surface area contributed by atoms with Crippen molar-refractivity contribution in [3.05, 3.63) is 83.9 Å². The highest BCUT2D eigenvalue weighted by atomic mass is 16.5. The lowest BCUT2D eigenvalue weighted by atomic mass is 9.82. The highest BCUT2D eigenvalue weighted by molar-refractivity contribution is 5.29. The molecule has 0 radical (unpaired) electrons. The highest BCUT2D eigenvalue weighted by Crippen LogP contribution is 2.37. The van der Waals surface area contributed by atoms with Gasteiger partial charge in [-0.05, 0) is 11.1 Å². The Hall–Kier alpha value is -1.94. The van der Waals surface area contributed by atoms with Crippen molar-refractivity contribution in [1.82, 2.24) is 0 Å². The molecule has 0 unspecified atom stereocenters. The molecule has 114 valence electrons. The number of aliphatic hydroxyl groups is 2. The van der Waals surface area contributed by atoms with Crippen molar-refractivity contribution in [2.75, 3.05) is 6.61 Å². The van der Waals surface area contributed by atoms with Crippen LogP contribution in [0.4, 0.5) is 0 Å². The lowest BCUT2D eigenvalue weighted by Crippen LogP contribution is -2.38. The van der Waals surface area contributed by atoms with Crippen LogP contribution in [0.3, 0.4) is 0 Å². The second kappa shape index (κ2) is 6.88. The van der Waals surface area contributed by atoms with E-state index in [0.717, 1.165) is 11.1 Å². The van der Waals surface area contributed by atoms with Crippen molar-refractivity contribution in [2.24, 2.45) is 0 Å². The van der Waals surface area contributed by atoms with Crippen molar-refractivity contribution in [2.45, 2.75) is 24.2 Å². The van der Waals surface area contributed by atoms with Crippen LogP contribution in [0.1, 0.15) is 23.1 Å². The summed E-state index contributed by atoms with van der Waals surface area (Å²) in [4.78, 5) is 0. The third kappa shape index (κ3) is 3.12. The first kappa shape index (κ1) is 15.0. The molecule has 2 aromatic carbocycles. The summed E-state index contributed by atoms with van der Waals surface area (Å²) in [5.41, 5.74) is 1.78. The Bertz CT molecular complexity index is 609. The number of hydrogen-bond acceptors (Lipinski definition) is 3. The zero-order valence-electron chi connectivity index (χ0n) is 12.2. The average molecular weight is 296 g/mol. The molecule has 0 amide bonds. The number of ether oxygens (including phenoxy) is 1. The fourth-order valence-electron chi connectivity index (χ4n) is 2.97. The quantitative estimate of drug-likeness (QED) is 0.853. The Balaban J connectivity index is 1.98. The smallest absolute Gasteiger partial charge is 0.0990 e. The summed E-state index contributed by atoms with van der Waals surface area (Å²) in [6.45, 7) is 0.451. The number of benzene rings is 2. The Morgan fingerprint density at radius 3 is 2.09 bits per heavy atom. The molecular weight excluding hydrogens is 276 g/mol.